The Morgan fingerprint density at radius 3 is 2.38 bits per heavy atom. The molecule has 8 nitrogen and oxygen atoms in total. The fourth-order valence-electron chi connectivity index (χ4n) is 2.13. The van der Waals surface area contributed by atoms with E-state index in [-0.39, 0.29) is 23.2 Å². The number of nitro benzene ring substituents is 2. The van der Waals surface area contributed by atoms with E-state index in [1.165, 1.54) is 12.1 Å². The van der Waals surface area contributed by atoms with Crippen molar-refractivity contribution in [3.05, 3.63) is 74.9 Å². The molecule has 1 aliphatic carbocycles. The number of nitrogens with one attached hydrogen (secondary N) is 1. The monoisotopic (exact) mass is 328 g/mol. The first-order valence-corrected chi connectivity index (χ1v) is 7.22. The first-order chi connectivity index (χ1) is 11.5. The first-order valence-electron chi connectivity index (χ1n) is 7.22. The van der Waals surface area contributed by atoms with Crippen molar-refractivity contribution in [2.45, 2.75) is 6.92 Å². The first kappa shape index (κ1) is 17.1. The van der Waals surface area contributed by atoms with Crippen LogP contribution >= 0.6 is 0 Å². The number of nitrogens with zero attached hydrogens (tertiary/aromatic N) is 3. The summed E-state index contributed by atoms with van der Waals surface area (Å²) >= 11 is 0. The molecule has 1 aliphatic rings. The Kier molecular flexibility index (Phi) is 5.56. The van der Waals surface area contributed by atoms with Crippen LogP contribution in [0.4, 0.5) is 17.1 Å². The predicted molar refractivity (Wildman–Crippen MR) is 91.9 cm³/mol. The number of hydrogen-bond acceptors (Lipinski definition) is 6. The summed E-state index contributed by atoms with van der Waals surface area (Å²) in [5.41, 5.74) is 1.95. The lowest BCUT2D eigenvalue weighted by atomic mass is 9.95. The van der Waals surface area contributed by atoms with Gasteiger partial charge < -0.3 is 0 Å². The van der Waals surface area contributed by atoms with Crippen LogP contribution < -0.4 is 5.43 Å². The van der Waals surface area contributed by atoms with Crippen LogP contribution in [0.2, 0.25) is 0 Å². The Morgan fingerprint density at radius 2 is 1.79 bits per heavy atom. The average Bonchev–Trinajstić information content (AvgIpc) is 2.83. The normalized spacial score (nSPS) is 15.4. The molecule has 1 N–H and O–H groups in total. The number of rotatable bonds is 6. The average molecular weight is 328 g/mol. The van der Waals surface area contributed by atoms with E-state index >= 15 is 0 Å². The van der Waals surface area contributed by atoms with Crippen LogP contribution in [-0.4, -0.2) is 16.1 Å². The van der Waals surface area contributed by atoms with Gasteiger partial charge in [0.25, 0.3) is 5.69 Å². The van der Waals surface area contributed by atoms with Crippen molar-refractivity contribution >= 4 is 23.3 Å². The Hall–Kier alpha value is -3.29. The summed E-state index contributed by atoms with van der Waals surface area (Å²) < 4.78 is 0. The van der Waals surface area contributed by atoms with Gasteiger partial charge in [-0.05, 0) is 6.07 Å². The molecular formula is C16H16N4O4. The summed E-state index contributed by atoms with van der Waals surface area (Å²) in [5.74, 6) is 0.236. The maximum absolute atomic E-state index is 11.0. The van der Waals surface area contributed by atoms with Gasteiger partial charge in [0.1, 0.15) is 5.69 Å². The summed E-state index contributed by atoms with van der Waals surface area (Å²) in [6.45, 7) is 1.97. The lowest BCUT2D eigenvalue weighted by Gasteiger charge is -2.12. The van der Waals surface area contributed by atoms with E-state index in [0.29, 0.717) is 0 Å². The summed E-state index contributed by atoms with van der Waals surface area (Å²) in [6, 6.07) is 3.37. The van der Waals surface area contributed by atoms with Gasteiger partial charge in [-0.15, -0.1) is 0 Å². The molecule has 1 aromatic carbocycles. The minimum atomic E-state index is -0.684. The molecule has 0 aliphatic heterocycles. The Bertz CT molecular complexity index is 736. The van der Waals surface area contributed by atoms with Crippen molar-refractivity contribution in [2.24, 2.45) is 16.9 Å². The summed E-state index contributed by atoms with van der Waals surface area (Å²) in [7, 11) is 0. The van der Waals surface area contributed by atoms with Gasteiger partial charge >= 0.3 is 5.69 Å². The maximum atomic E-state index is 11.0. The summed E-state index contributed by atoms with van der Waals surface area (Å²) in [5, 5.41) is 25.8. The molecule has 2 rings (SSSR count). The number of hydrogen-bond donors (Lipinski definition) is 1. The van der Waals surface area contributed by atoms with Crippen LogP contribution in [0.15, 0.2) is 59.8 Å². The molecule has 0 amide bonds. The Balaban J connectivity index is 2.10. The van der Waals surface area contributed by atoms with E-state index in [1.807, 2.05) is 43.4 Å². The summed E-state index contributed by atoms with van der Waals surface area (Å²) in [4.78, 5) is 20.4. The van der Waals surface area contributed by atoms with Crippen molar-refractivity contribution < 1.29 is 9.85 Å². The minimum absolute atomic E-state index is 0.0713. The van der Waals surface area contributed by atoms with Gasteiger partial charge in [0, 0.05) is 24.1 Å². The molecule has 24 heavy (non-hydrogen) atoms. The smallest absolute Gasteiger partial charge is 0.272 e. The molecule has 0 saturated heterocycles. The van der Waals surface area contributed by atoms with Crippen LogP contribution in [0.25, 0.3) is 0 Å². The van der Waals surface area contributed by atoms with E-state index in [1.54, 1.807) is 6.21 Å². The van der Waals surface area contributed by atoms with Crippen LogP contribution in [0.1, 0.15) is 6.92 Å². The largest absolute Gasteiger partial charge is 0.301 e. The lowest BCUT2D eigenvalue weighted by molar-refractivity contribution is -0.393. The molecule has 0 heterocycles. The SMILES string of the molecule is CC(/C=N/Nc1ccc([N+](=O)[O-])cc1[N+](=O)[O-])C1C=CC=CC=C1. The molecule has 0 spiro atoms. The highest BCUT2D eigenvalue weighted by atomic mass is 16.6. The molecular weight excluding hydrogens is 312 g/mol. The molecule has 0 aromatic heterocycles. The molecule has 0 fully saturated rings. The maximum Gasteiger partial charge on any atom is 0.301 e. The van der Waals surface area contributed by atoms with E-state index < -0.39 is 15.5 Å². The van der Waals surface area contributed by atoms with Crippen LogP contribution in [0, 0.1) is 32.1 Å². The van der Waals surface area contributed by atoms with Gasteiger partial charge in [-0.2, -0.15) is 5.10 Å². The zero-order chi connectivity index (χ0) is 17.5. The number of nitro groups is 2. The second kappa shape index (κ2) is 7.82. The second-order valence-electron chi connectivity index (χ2n) is 5.20. The van der Waals surface area contributed by atoms with E-state index in [9.17, 15) is 20.2 Å². The zero-order valence-corrected chi connectivity index (χ0v) is 12.9. The highest BCUT2D eigenvalue weighted by Gasteiger charge is 2.19. The van der Waals surface area contributed by atoms with Crippen molar-refractivity contribution in [3.8, 4) is 0 Å². The number of benzene rings is 1. The minimum Gasteiger partial charge on any atom is -0.272 e. The van der Waals surface area contributed by atoms with E-state index in [0.717, 1.165) is 6.07 Å². The molecule has 0 radical (unpaired) electrons. The van der Waals surface area contributed by atoms with Crippen molar-refractivity contribution in [2.75, 3.05) is 5.43 Å². The van der Waals surface area contributed by atoms with Gasteiger partial charge in [-0.25, -0.2) is 0 Å². The van der Waals surface area contributed by atoms with Gasteiger partial charge in [-0.3, -0.25) is 25.7 Å². The predicted octanol–water partition coefficient (Wildman–Crippen LogP) is 3.84. The third-order valence-electron chi connectivity index (χ3n) is 3.49. The second-order valence-corrected chi connectivity index (χ2v) is 5.20. The molecule has 1 unspecified atom stereocenters. The number of non-ortho nitro benzene ring substituents is 1. The van der Waals surface area contributed by atoms with Crippen LogP contribution in [0.3, 0.4) is 0 Å². The third-order valence-corrected chi connectivity index (χ3v) is 3.49. The third kappa shape index (κ3) is 4.35. The van der Waals surface area contributed by atoms with Gasteiger partial charge in [0.05, 0.1) is 15.9 Å². The molecule has 0 bridgehead atoms. The standard InChI is InChI=1S/C16H16N4O4/c1-12(13-6-4-2-3-5-7-13)11-17-18-15-9-8-14(19(21)22)10-16(15)20(23)24/h2-13,18H,1H3/b17-11+. The summed E-state index contributed by atoms with van der Waals surface area (Å²) in [6.07, 6.45) is 13.5. The molecule has 1 aromatic rings. The number of anilines is 1. The fraction of sp³-hybridized carbons (Fsp3) is 0.188. The van der Waals surface area contributed by atoms with E-state index in [2.05, 4.69) is 10.5 Å². The van der Waals surface area contributed by atoms with Gasteiger partial charge in [-0.1, -0.05) is 43.4 Å². The van der Waals surface area contributed by atoms with E-state index in [4.69, 9.17) is 0 Å². The van der Waals surface area contributed by atoms with Gasteiger partial charge in [0.15, 0.2) is 0 Å². The molecule has 124 valence electrons. The Morgan fingerprint density at radius 1 is 1.12 bits per heavy atom. The van der Waals surface area contributed by atoms with Crippen molar-refractivity contribution in [1.82, 2.24) is 0 Å². The number of hydrazone groups is 1. The topological polar surface area (TPSA) is 111 Å². The van der Waals surface area contributed by atoms with Gasteiger partial charge in [0.2, 0.25) is 0 Å². The van der Waals surface area contributed by atoms with Crippen molar-refractivity contribution in [1.29, 1.82) is 0 Å². The molecule has 0 saturated carbocycles. The zero-order valence-electron chi connectivity index (χ0n) is 12.9. The molecule has 1 atom stereocenters. The van der Waals surface area contributed by atoms with Crippen molar-refractivity contribution in [3.63, 3.8) is 0 Å². The van der Waals surface area contributed by atoms with Crippen LogP contribution in [0.5, 0.6) is 0 Å². The highest BCUT2D eigenvalue weighted by Crippen LogP contribution is 2.29. The highest BCUT2D eigenvalue weighted by molar-refractivity contribution is 5.68. The van der Waals surface area contributed by atoms with Crippen LogP contribution in [-0.2, 0) is 0 Å². The fourth-order valence-corrected chi connectivity index (χ4v) is 2.13. The lowest BCUT2D eigenvalue weighted by Crippen LogP contribution is -2.09. The Labute approximate surface area is 138 Å². The molecule has 8 heteroatoms. The number of allylic oxidation sites excluding steroid dienone is 6. The quantitative estimate of drug-likeness (QED) is 0.484.